The molecule has 0 aliphatic rings. The van der Waals surface area contributed by atoms with E-state index < -0.39 is 22.1 Å². The third-order valence-corrected chi connectivity index (χ3v) is 5.44. The molecule has 0 atom stereocenters. The number of alkyl halides is 3. The van der Waals surface area contributed by atoms with Gasteiger partial charge in [0.25, 0.3) is 0 Å². The van der Waals surface area contributed by atoms with E-state index in [4.69, 9.17) is 0 Å². The van der Waals surface area contributed by atoms with Gasteiger partial charge < -0.3 is 10.1 Å². The largest absolute Gasteiger partial charge is 0.573 e. The van der Waals surface area contributed by atoms with Gasteiger partial charge in [-0.05, 0) is 56.3 Å². The van der Waals surface area contributed by atoms with Gasteiger partial charge in [0.15, 0.2) is 5.82 Å². The van der Waals surface area contributed by atoms with Crippen molar-refractivity contribution >= 4 is 15.8 Å². The number of nitrogens with one attached hydrogen (secondary N) is 2. The highest BCUT2D eigenvalue weighted by Gasteiger charge is 2.31. The van der Waals surface area contributed by atoms with Crippen molar-refractivity contribution in [3.63, 3.8) is 0 Å². The van der Waals surface area contributed by atoms with E-state index in [-0.39, 0.29) is 18.0 Å². The minimum absolute atomic E-state index is 0.0179. The Morgan fingerprint density at radius 3 is 2.29 bits per heavy atom. The molecule has 0 fully saturated rings. The van der Waals surface area contributed by atoms with Crippen LogP contribution in [0.5, 0.6) is 5.75 Å². The van der Waals surface area contributed by atoms with E-state index in [9.17, 15) is 21.6 Å². The normalized spacial score (nSPS) is 12.0. The summed E-state index contributed by atoms with van der Waals surface area (Å²) in [4.78, 5) is -0.184. The Balaban J connectivity index is 1.51. The van der Waals surface area contributed by atoms with Crippen molar-refractivity contribution in [2.75, 3.05) is 18.4 Å². The Morgan fingerprint density at radius 1 is 1.03 bits per heavy atom. The Bertz CT molecular complexity index is 1130. The lowest BCUT2D eigenvalue weighted by molar-refractivity contribution is -0.274. The Morgan fingerprint density at radius 2 is 1.74 bits per heavy atom. The highest BCUT2D eigenvalue weighted by molar-refractivity contribution is 7.89. The van der Waals surface area contributed by atoms with Crippen molar-refractivity contribution in [1.82, 2.24) is 24.7 Å². The number of aromatic nitrogens is 4. The fraction of sp³-hybridized carbons (Fsp3) is 0.278. The number of rotatable bonds is 8. The number of nitrogens with zero attached hydrogens (tertiary/aromatic N) is 4. The summed E-state index contributed by atoms with van der Waals surface area (Å²) < 4.78 is 68.7. The van der Waals surface area contributed by atoms with Crippen LogP contribution in [-0.2, 0) is 10.0 Å². The molecule has 3 rings (SSSR count). The average molecular weight is 456 g/mol. The van der Waals surface area contributed by atoms with E-state index in [0.717, 1.165) is 35.7 Å². The molecule has 0 saturated carbocycles. The zero-order valence-corrected chi connectivity index (χ0v) is 17.3. The average Bonchev–Trinajstić information content (AvgIpc) is 3.03. The highest BCUT2D eigenvalue weighted by atomic mass is 32.2. The van der Waals surface area contributed by atoms with Gasteiger partial charge in [-0.2, -0.15) is 5.10 Å². The predicted octanol–water partition coefficient (Wildman–Crippen LogP) is 2.57. The van der Waals surface area contributed by atoms with Crippen LogP contribution < -0.4 is 14.8 Å². The standard InChI is InChI=1S/C18H19F3N6O3S/c1-12-11-13(2)27(26-12)17-8-7-16(24-25-17)22-9-10-23-31(28,29)15-5-3-14(4-6-15)30-18(19,20)21/h3-8,11,23H,9-10H2,1-2H3,(H,22,24). The lowest BCUT2D eigenvalue weighted by Crippen LogP contribution is -2.29. The summed E-state index contributed by atoms with van der Waals surface area (Å²) in [7, 11) is -3.89. The first kappa shape index (κ1) is 22.5. The minimum atomic E-state index is -4.85. The molecule has 2 aromatic heterocycles. The molecule has 2 N–H and O–H groups in total. The van der Waals surface area contributed by atoms with Crippen LogP contribution in [-0.4, -0.2) is 47.8 Å². The Hall–Kier alpha value is -3.19. The van der Waals surface area contributed by atoms with E-state index in [1.54, 1.807) is 16.8 Å². The van der Waals surface area contributed by atoms with Crippen LogP contribution in [0.1, 0.15) is 11.4 Å². The topological polar surface area (TPSA) is 111 Å². The maximum absolute atomic E-state index is 12.2. The van der Waals surface area contributed by atoms with Gasteiger partial charge in [-0.25, -0.2) is 17.8 Å². The van der Waals surface area contributed by atoms with Gasteiger partial charge in [0.1, 0.15) is 11.6 Å². The van der Waals surface area contributed by atoms with E-state index in [0.29, 0.717) is 11.6 Å². The number of halogens is 3. The maximum atomic E-state index is 12.2. The van der Waals surface area contributed by atoms with Crippen molar-refractivity contribution < 1.29 is 26.3 Å². The quantitative estimate of drug-likeness (QED) is 0.501. The first-order chi connectivity index (χ1) is 14.5. The number of hydrogen-bond donors (Lipinski definition) is 2. The molecule has 0 aliphatic heterocycles. The lowest BCUT2D eigenvalue weighted by Gasteiger charge is -2.11. The van der Waals surface area contributed by atoms with Crippen molar-refractivity contribution in [2.45, 2.75) is 25.1 Å². The summed E-state index contributed by atoms with van der Waals surface area (Å²) in [5, 5.41) is 15.4. The summed E-state index contributed by atoms with van der Waals surface area (Å²) in [6.45, 7) is 4.00. The number of aryl methyl sites for hydroxylation is 2. The van der Waals surface area contributed by atoms with Gasteiger partial charge in [0, 0.05) is 18.8 Å². The first-order valence-corrected chi connectivity index (χ1v) is 10.5. The predicted molar refractivity (Wildman–Crippen MR) is 105 cm³/mol. The van der Waals surface area contributed by atoms with Crippen LogP contribution in [0.2, 0.25) is 0 Å². The molecule has 0 saturated heterocycles. The van der Waals surface area contributed by atoms with Crippen molar-refractivity contribution in [2.24, 2.45) is 0 Å². The van der Waals surface area contributed by atoms with Gasteiger partial charge in [-0.15, -0.1) is 23.4 Å². The van der Waals surface area contributed by atoms with Crippen molar-refractivity contribution in [1.29, 1.82) is 0 Å². The molecule has 0 radical (unpaired) electrons. The van der Waals surface area contributed by atoms with E-state index >= 15 is 0 Å². The molecular formula is C18H19F3N6O3S. The van der Waals surface area contributed by atoms with Crippen LogP contribution in [0.3, 0.4) is 0 Å². The molecule has 1 aromatic carbocycles. The summed E-state index contributed by atoms with van der Waals surface area (Å²) >= 11 is 0. The SMILES string of the molecule is Cc1cc(C)n(-c2ccc(NCCNS(=O)(=O)c3ccc(OC(F)(F)F)cc3)nn2)n1. The second-order valence-electron chi connectivity index (χ2n) is 6.46. The molecule has 0 spiro atoms. The fourth-order valence-corrected chi connectivity index (χ4v) is 3.70. The van der Waals surface area contributed by atoms with Crippen molar-refractivity contribution in [3.05, 3.63) is 53.9 Å². The zero-order valence-electron chi connectivity index (χ0n) is 16.5. The molecule has 0 unspecified atom stereocenters. The van der Waals surface area contributed by atoms with Gasteiger partial charge in [0.05, 0.1) is 10.6 Å². The third-order valence-electron chi connectivity index (χ3n) is 3.97. The second-order valence-corrected chi connectivity index (χ2v) is 8.23. The molecule has 0 bridgehead atoms. The minimum Gasteiger partial charge on any atom is -0.406 e. The van der Waals surface area contributed by atoms with E-state index in [1.165, 1.54) is 0 Å². The zero-order chi connectivity index (χ0) is 22.6. The molecule has 9 nitrogen and oxygen atoms in total. The van der Waals surface area contributed by atoms with Crippen LogP contribution in [0.15, 0.2) is 47.4 Å². The van der Waals surface area contributed by atoms with Gasteiger partial charge >= 0.3 is 6.36 Å². The molecule has 0 amide bonds. The molecular weight excluding hydrogens is 437 g/mol. The Labute approximate surface area is 176 Å². The van der Waals surface area contributed by atoms with E-state index in [2.05, 4.69) is 30.1 Å². The smallest absolute Gasteiger partial charge is 0.406 e. The number of anilines is 1. The Kier molecular flexibility index (Phi) is 6.45. The van der Waals surface area contributed by atoms with Crippen LogP contribution in [0.25, 0.3) is 5.82 Å². The van der Waals surface area contributed by atoms with Crippen LogP contribution in [0.4, 0.5) is 19.0 Å². The summed E-state index contributed by atoms with van der Waals surface area (Å²) in [5.41, 5.74) is 1.77. The number of ether oxygens (including phenoxy) is 1. The third kappa shape index (κ3) is 6.15. The maximum Gasteiger partial charge on any atom is 0.573 e. The number of hydrogen-bond acceptors (Lipinski definition) is 7. The van der Waals surface area contributed by atoms with Gasteiger partial charge in [0.2, 0.25) is 10.0 Å². The van der Waals surface area contributed by atoms with Gasteiger partial charge in [-0.3, -0.25) is 0 Å². The molecule has 0 aliphatic carbocycles. The molecule has 3 aromatic rings. The van der Waals surface area contributed by atoms with E-state index in [1.807, 2.05) is 19.9 Å². The fourth-order valence-electron chi connectivity index (χ4n) is 2.67. The summed E-state index contributed by atoms with van der Waals surface area (Å²) in [6, 6.07) is 9.24. The van der Waals surface area contributed by atoms with Crippen molar-refractivity contribution in [3.8, 4) is 11.6 Å². The number of sulfonamides is 1. The highest BCUT2D eigenvalue weighted by Crippen LogP contribution is 2.23. The summed E-state index contributed by atoms with van der Waals surface area (Å²) in [5.74, 6) is 0.489. The summed E-state index contributed by atoms with van der Waals surface area (Å²) in [6.07, 6.45) is -4.85. The lowest BCUT2D eigenvalue weighted by atomic mass is 10.3. The molecule has 31 heavy (non-hydrogen) atoms. The molecule has 2 heterocycles. The van der Waals surface area contributed by atoms with Crippen LogP contribution >= 0.6 is 0 Å². The second kappa shape index (κ2) is 8.89. The van der Waals surface area contributed by atoms with Crippen LogP contribution in [0, 0.1) is 13.8 Å². The number of benzene rings is 1. The van der Waals surface area contributed by atoms with Gasteiger partial charge in [-0.1, -0.05) is 0 Å². The molecule has 166 valence electrons. The monoisotopic (exact) mass is 456 g/mol. The molecule has 13 heteroatoms. The first-order valence-electron chi connectivity index (χ1n) is 9.00.